The molecule has 2 rings (SSSR count). The van der Waals surface area contributed by atoms with Crippen LogP contribution in [0, 0.1) is 17.1 Å². The highest BCUT2D eigenvalue weighted by Gasteiger charge is 2.07. The largest absolute Gasteiger partial charge is 0.353 e. The van der Waals surface area contributed by atoms with Gasteiger partial charge in [0.1, 0.15) is 0 Å². The SMILES string of the molecule is N#Cc1cc(Br)cc(Nc2cccc(Cl)c2F)c1. The Bertz CT molecular complexity index is 637. The molecule has 5 heteroatoms. The molecule has 0 saturated heterocycles. The highest BCUT2D eigenvalue weighted by atomic mass is 79.9. The van der Waals surface area contributed by atoms with Gasteiger partial charge >= 0.3 is 0 Å². The number of nitrogens with one attached hydrogen (secondary N) is 1. The third-order valence-electron chi connectivity index (χ3n) is 2.26. The van der Waals surface area contributed by atoms with Crippen molar-refractivity contribution in [2.75, 3.05) is 5.32 Å². The standard InChI is InChI=1S/C13H7BrClFN2/c14-9-4-8(7-17)5-10(6-9)18-12-3-1-2-11(15)13(12)16/h1-6,18H. The zero-order valence-corrected chi connectivity index (χ0v) is 11.4. The minimum Gasteiger partial charge on any atom is -0.353 e. The Morgan fingerprint density at radius 3 is 2.78 bits per heavy atom. The normalized spacial score (nSPS) is 9.89. The molecule has 0 spiro atoms. The van der Waals surface area contributed by atoms with Gasteiger partial charge in [0, 0.05) is 10.2 Å². The van der Waals surface area contributed by atoms with E-state index in [2.05, 4.69) is 21.2 Å². The lowest BCUT2D eigenvalue weighted by molar-refractivity contribution is 0.632. The van der Waals surface area contributed by atoms with Crippen molar-refractivity contribution in [3.8, 4) is 6.07 Å². The molecule has 1 N–H and O–H groups in total. The second kappa shape index (κ2) is 5.38. The molecular formula is C13H7BrClFN2. The van der Waals surface area contributed by atoms with Crippen LogP contribution < -0.4 is 5.32 Å². The Morgan fingerprint density at radius 1 is 1.28 bits per heavy atom. The Morgan fingerprint density at radius 2 is 2.06 bits per heavy atom. The van der Waals surface area contributed by atoms with E-state index in [4.69, 9.17) is 16.9 Å². The van der Waals surface area contributed by atoms with Crippen molar-refractivity contribution in [3.63, 3.8) is 0 Å². The third kappa shape index (κ3) is 2.81. The van der Waals surface area contributed by atoms with Gasteiger partial charge in [-0.3, -0.25) is 0 Å². The van der Waals surface area contributed by atoms with E-state index in [1.807, 2.05) is 6.07 Å². The molecule has 0 amide bonds. The second-order valence-electron chi connectivity index (χ2n) is 3.57. The summed E-state index contributed by atoms with van der Waals surface area (Å²) in [5.41, 5.74) is 1.36. The van der Waals surface area contributed by atoms with Crippen molar-refractivity contribution in [2.45, 2.75) is 0 Å². The van der Waals surface area contributed by atoms with Crippen LogP contribution in [-0.4, -0.2) is 0 Å². The number of nitriles is 1. The molecule has 0 fully saturated rings. The first-order valence-electron chi connectivity index (χ1n) is 5.02. The smallest absolute Gasteiger partial charge is 0.165 e. The number of nitrogens with zero attached hydrogens (tertiary/aromatic N) is 1. The summed E-state index contributed by atoms with van der Waals surface area (Å²) in [4.78, 5) is 0. The van der Waals surface area contributed by atoms with Gasteiger partial charge in [-0.1, -0.05) is 33.6 Å². The molecule has 0 atom stereocenters. The third-order valence-corrected chi connectivity index (χ3v) is 3.01. The van der Waals surface area contributed by atoms with E-state index in [1.165, 1.54) is 6.07 Å². The highest BCUT2D eigenvalue weighted by molar-refractivity contribution is 9.10. The van der Waals surface area contributed by atoms with Crippen LogP contribution in [0.25, 0.3) is 0 Å². The van der Waals surface area contributed by atoms with E-state index in [0.29, 0.717) is 11.3 Å². The van der Waals surface area contributed by atoms with Crippen LogP contribution in [-0.2, 0) is 0 Å². The van der Waals surface area contributed by atoms with Crippen molar-refractivity contribution in [1.29, 1.82) is 5.26 Å². The van der Waals surface area contributed by atoms with Crippen molar-refractivity contribution in [3.05, 3.63) is 57.3 Å². The molecule has 0 saturated carbocycles. The van der Waals surface area contributed by atoms with Gasteiger partial charge in [-0.2, -0.15) is 5.26 Å². The summed E-state index contributed by atoms with van der Waals surface area (Å²) in [5.74, 6) is -0.516. The van der Waals surface area contributed by atoms with E-state index >= 15 is 0 Å². The maximum atomic E-state index is 13.7. The van der Waals surface area contributed by atoms with Gasteiger partial charge in [0.15, 0.2) is 5.82 Å². The summed E-state index contributed by atoms with van der Waals surface area (Å²) >= 11 is 8.98. The Balaban J connectivity index is 2.37. The summed E-state index contributed by atoms with van der Waals surface area (Å²) in [6.07, 6.45) is 0. The number of hydrogen-bond acceptors (Lipinski definition) is 2. The molecular weight excluding hydrogens is 319 g/mol. The second-order valence-corrected chi connectivity index (χ2v) is 4.89. The first-order valence-corrected chi connectivity index (χ1v) is 6.19. The fraction of sp³-hybridized carbons (Fsp3) is 0. The van der Waals surface area contributed by atoms with Crippen LogP contribution in [0.4, 0.5) is 15.8 Å². The van der Waals surface area contributed by atoms with Gasteiger partial charge in [-0.15, -0.1) is 0 Å². The molecule has 0 aromatic heterocycles. The first kappa shape index (κ1) is 12.9. The topological polar surface area (TPSA) is 35.8 Å². The van der Waals surface area contributed by atoms with Gasteiger partial charge in [0.25, 0.3) is 0 Å². The molecule has 0 heterocycles. The molecule has 2 aromatic carbocycles. The van der Waals surface area contributed by atoms with Crippen molar-refractivity contribution < 1.29 is 4.39 Å². The number of rotatable bonds is 2. The maximum absolute atomic E-state index is 13.7. The fourth-order valence-electron chi connectivity index (χ4n) is 1.48. The number of benzene rings is 2. The van der Waals surface area contributed by atoms with Crippen LogP contribution >= 0.6 is 27.5 Å². The van der Waals surface area contributed by atoms with E-state index in [9.17, 15) is 4.39 Å². The average Bonchev–Trinajstić information content (AvgIpc) is 2.34. The molecule has 0 aliphatic heterocycles. The van der Waals surface area contributed by atoms with E-state index < -0.39 is 5.82 Å². The number of anilines is 2. The fourth-order valence-corrected chi connectivity index (χ4v) is 2.15. The molecule has 0 aliphatic rings. The average molecular weight is 326 g/mol. The molecule has 0 radical (unpaired) electrons. The zero-order chi connectivity index (χ0) is 13.1. The van der Waals surface area contributed by atoms with Crippen LogP contribution in [0.5, 0.6) is 0 Å². The molecule has 18 heavy (non-hydrogen) atoms. The summed E-state index contributed by atoms with van der Waals surface area (Å²) < 4.78 is 14.4. The number of hydrogen-bond donors (Lipinski definition) is 1. The van der Waals surface area contributed by atoms with Gasteiger partial charge in [-0.05, 0) is 30.3 Å². The van der Waals surface area contributed by atoms with E-state index in [1.54, 1.807) is 30.3 Å². The van der Waals surface area contributed by atoms with Gasteiger partial charge < -0.3 is 5.32 Å². The molecule has 0 unspecified atom stereocenters. The summed E-state index contributed by atoms with van der Waals surface area (Å²) in [6, 6.07) is 11.8. The molecule has 0 bridgehead atoms. The predicted octanol–water partition coefficient (Wildman–Crippen LogP) is 4.86. The van der Waals surface area contributed by atoms with Crippen LogP contribution in [0.3, 0.4) is 0 Å². The summed E-state index contributed by atoms with van der Waals surface area (Å²) in [7, 11) is 0. The Kier molecular flexibility index (Phi) is 3.85. The first-order chi connectivity index (χ1) is 8.60. The van der Waals surface area contributed by atoms with Gasteiger partial charge in [0.05, 0.1) is 22.3 Å². The minimum atomic E-state index is -0.516. The van der Waals surface area contributed by atoms with Crippen molar-refractivity contribution in [2.24, 2.45) is 0 Å². The van der Waals surface area contributed by atoms with Crippen LogP contribution in [0.2, 0.25) is 5.02 Å². The predicted molar refractivity (Wildman–Crippen MR) is 73.5 cm³/mol. The summed E-state index contributed by atoms with van der Waals surface area (Å²) in [5, 5.41) is 11.8. The van der Waals surface area contributed by atoms with E-state index in [0.717, 1.165) is 4.47 Å². The Hall–Kier alpha value is -1.57. The van der Waals surface area contributed by atoms with E-state index in [-0.39, 0.29) is 10.7 Å². The van der Waals surface area contributed by atoms with Crippen LogP contribution in [0.1, 0.15) is 5.56 Å². The molecule has 2 aromatic rings. The Labute approximate surface area is 117 Å². The number of halogens is 3. The zero-order valence-electron chi connectivity index (χ0n) is 9.05. The lowest BCUT2D eigenvalue weighted by Crippen LogP contribution is -1.94. The van der Waals surface area contributed by atoms with Gasteiger partial charge in [-0.25, -0.2) is 4.39 Å². The minimum absolute atomic E-state index is 0.0514. The molecule has 2 nitrogen and oxygen atoms in total. The highest BCUT2D eigenvalue weighted by Crippen LogP contribution is 2.27. The molecule has 0 aliphatic carbocycles. The van der Waals surface area contributed by atoms with Gasteiger partial charge in [0.2, 0.25) is 0 Å². The quantitative estimate of drug-likeness (QED) is 0.856. The van der Waals surface area contributed by atoms with Crippen LogP contribution in [0.15, 0.2) is 40.9 Å². The van der Waals surface area contributed by atoms with Crippen molar-refractivity contribution in [1.82, 2.24) is 0 Å². The van der Waals surface area contributed by atoms with Crippen molar-refractivity contribution >= 4 is 38.9 Å². The lowest BCUT2D eigenvalue weighted by atomic mass is 10.2. The lowest BCUT2D eigenvalue weighted by Gasteiger charge is -2.09. The molecule has 90 valence electrons. The monoisotopic (exact) mass is 324 g/mol. The summed E-state index contributed by atoms with van der Waals surface area (Å²) in [6.45, 7) is 0. The maximum Gasteiger partial charge on any atom is 0.165 e.